The van der Waals surface area contributed by atoms with Crippen molar-refractivity contribution in [2.45, 2.75) is 26.3 Å². The Hall–Kier alpha value is -2.65. The molecular weight excluding hydrogens is 356 g/mol. The number of esters is 2. The quantitative estimate of drug-likeness (QED) is 0.447. The second kappa shape index (κ2) is 10.3. The molecule has 0 saturated heterocycles. The Morgan fingerprint density at radius 2 is 1.68 bits per heavy atom. The third-order valence-electron chi connectivity index (χ3n) is 2.77. The summed E-state index contributed by atoms with van der Waals surface area (Å²) in [4.78, 5) is 44.7. The van der Waals surface area contributed by atoms with E-state index in [1.54, 1.807) is 0 Å². The molecule has 0 aromatic heterocycles. The molecule has 1 unspecified atom stereocenters. The van der Waals surface area contributed by atoms with Gasteiger partial charge in [-0.15, -0.1) is 12.4 Å². The molecule has 0 aliphatic carbocycles. The van der Waals surface area contributed by atoms with Crippen molar-refractivity contribution < 1.29 is 33.8 Å². The Bertz CT molecular complexity index is 663. The molecule has 1 aromatic carbocycles. The van der Waals surface area contributed by atoms with Crippen molar-refractivity contribution in [3.63, 3.8) is 0 Å². The van der Waals surface area contributed by atoms with Gasteiger partial charge in [0.1, 0.15) is 6.04 Å². The molecule has 1 atom stereocenters. The first kappa shape index (κ1) is 22.4. The number of halogens is 1. The second-order valence-corrected chi connectivity index (χ2v) is 4.83. The lowest BCUT2D eigenvalue weighted by Gasteiger charge is -2.15. The SMILES string of the molecule is CC(=O)Oc1ccc(CC(NC(=O)CN)C(=O)O)cc1OC(C)=O.Cl. The van der Waals surface area contributed by atoms with Gasteiger partial charge in [0.2, 0.25) is 5.91 Å². The number of hydrogen-bond acceptors (Lipinski definition) is 7. The molecule has 0 fully saturated rings. The zero-order valence-corrected chi connectivity index (χ0v) is 14.4. The number of carbonyl (C=O) groups excluding carboxylic acids is 3. The lowest BCUT2D eigenvalue weighted by atomic mass is 10.1. The fourth-order valence-electron chi connectivity index (χ4n) is 1.84. The van der Waals surface area contributed by atoms with E-state index in [2.05, 4.69) is 5.32 Å². The molecule has 10 heteroatoms. The average Bonchev–Trinajstić information content (AvgIpc) is 2.47. The number of aliphatic carboxylic acids is 1. The summed E-state index contributed by atoms with van der Waals surface area (Å²) in [6.07, 6.45) is -0.0737. The normalized spacial score (nSPS) is 10.8. The van der Waals surface area contributed by atoms with E-state index >= 15 is 0 Å². The lowest BCUT2D eigenvalue weighted by Crippen LogP contribution is -2.44. The molecule has 1 aromatic rings. The van der Waals surface area contributed by atoms with Crippen molar-refractivity contribution >= 4 is 36.2 Å². The highest BCUT2D eigenvalue weighted by Crippen LogP contribution is 2.29. The van der Waals surface area contributed by atoms with Crippen LogP contribution in [0.2, 0.25) is 0 Å². The standard InChI is InChI=1S/C15H18N2O7.ClH/c1-8(18)23-12-4-3-10(6-13(12)24-9(2)19)5-11(15(21)22)17-14(20)7-16;/h3-4,6,11H,5,7,16H2,1-2H3,(H,17,20)(H,21,22);1H. The molecule has 4 N–H and O–H groups in total. The maximum absolute atomic E-state index is 11.3. The number of hydrogen-bond donors (Lipinski definition) is 3. The molecule has 25 heavy (non-hydrogen) atoms. The van der Waals surface area contributed by atoms with Gasteiger partial charge in [-0.3, -0.25) is 14.4 Å². The highest BCUT2D eigenvalue weighted by molar-refractivity contribution is 5.85. The van der Waals surface area contributed by atoms with Gasteiger partial charge in [0.05, 0.1) is 6.54 Å². The number of carboxylic acids is 1. The number of rotatable bonds is 7. The monoisotopic (exact) mass is 374 g/mol. The Kier molecular flexibility index (Phi) is 9.18. The van der Waals surface area contributed by atoms with E-state index in [-0.39, 0.29) is 36.9 Å². The van der Waals surface area contributed by atoms with E-state index in [0.29, 0.717) is 5.56 Å². The number of carboxylic acid groups (broad SMARTS) is 1. The van der Waals surface area contributed by atoms with Crippen LogP contribution in [-0.2, 0) is 25.6 Å². The third-order valence-corrected chi connectivity index (χ3v) is 2.77. The minimum Gasteiger partial charge on any atom is -0.480 e. The van der Waals surface area contributed by atoms with Crippen LogP contribution >= 0.6 is 12.4 Å². The highest BCUT2D eigenvalue weighted by Gasteiger charge is 2.21. The van der Waals surface area contributed by atoms with Gasteiger partial charge in [-0.1, -0.05) is 6.07 Å². The van der Waals surface area contributed by atoms with E-state index in [1.807, 2.05) is 0 Å². The molecule has 1 rings (SSSR count). The van der Waals surface area contributed by atoms with Gasteiger partial charge in [0.15, 0.2) is 11.5 Å². The van der Waals surface area contributed by atoms with Gasteiger partial charge in [-0.2, -0.15) is 0 Å². The second-order valence-electron chi connectivity index (χ2n) is 4.83. The van der Waals surface area contributed by atoms with Crippen molar-refractivity contribution in [3.05, 3.63) is 23.8 Å². The highest BCUT2D eigenvalue weighted by atomic mass is 35.5. The Morgan fingerprint density at radius 3 is 2.16 bits per heavy atom. The summed E-state index contributed by atoms with van der Waals surface area (Å²) in [5, 5.41) is 11.4. The van der Waals surface area contributed by atoms with Crippen LogP contribution in [0.3, 0.4) is 0 Å². The van der Waals surface area contributed by atoms with Gasteiger partial charge in [-0.05, 0) is 17.7 Å². The minimum atomic E-state index is -1.24. The molecule has 0 spiro atoms. The fraction of sp³-hybridized carbons (Fsp3) is 0.333. The van der Waals surface area contributed by atoms with Gasteiger partial charge in [-0.25, -0.2) is 4.79 Å². The Morgan fingerprint density at radius 1 is 1.12 bits per heavy atom. The molecule has 9 nitrogen and oxygen atoms in total. The Labute approximate surface area is 149 Å². The van der Waals surface area contributed by atoms with Gasteiger partial charge >= 0.3 is 17.9 Å². The van der Waals surface area contributed by atoms with Crippen molar-refractivity contribution in [3.8, 4) is 11.5 Å². The molecule has 0 saturated carbocycles. The maximum atomic E-state index is 11.3. The predicted octanol–water partition coefficient (Wildman–Crippen LogP) is 0.0296. The molecule has 0 aliphatic rings. The Balaban J connectivity index is 0.00000576. The summed E-state index contributed by atoms with van der Waals surface area (Å²) in [6.45, 7) is 2.02. The minimum absolute atomic E-state index is 0. The molecule has 0 bridgehead atoms. The smallest absolute Gasteiger partial charge is 0.326 e. The topological polar surface area (TPSA) is 145 Å². The predicted molar refractivity (Wildman–Crippen MR) is 88.6 cm³/mol. The zero-order chi connectivity index (χ0) is 18.3. The fourth-order valence-corrected chi connectivity index (χ4v) is 1.84. The summed E-state index contributed by atoms with van der Waals surface area (Å²) >= 11 is 0. The van der Waals surface area contributed by atoms with Gasteiger partial charge in [0, 0.05) is 20.3 Å². The van der Waals surface area contributed by atoms with Crippen LogP contribution in [0.1, 0.15) is 19.4 Å². The van der Waals surface area contributed by atoms with E-state index in [4.69, 9.17) is 20.3 Å². The van der Waals surface area contributed by atoms with Crippen LogP contribution in [0.4, 0.5) is 0 Å². The lowest BCUT2D eigenvalue weighted by molar-refractivity contribution is -0.141. The number of amides is 1. The molecule has 1 amide bonds. The molecule has 0 aliphatic heterocycles. The summed E-state index contributed by atoms with van der Waals surface area (Å²) in [7, 11) is 0. The number of carbonyl (C=O) groups is 4. The van der Waals surface area contributed by atoms with Crippen LogP contribution in [0.25, 0.3) is 0 Å². The van der Waals surface area contributed by atoms with Crippen LogP contribution in [-0.4, -0.2) is 41.5 Å². The van der Waals surface area contributed by atoms with Gasteiger partial charge < -0.3 is 25.6 Å². The van der Waals surface area contributed by atoms with Crippen LogP contribution in [0, 0.1) is 0 Å². The van der Waals surface area contributed by atoms with Crippen molar-refractivity contribution in [1.29, 1.82) is 0 Å². The first-order chi connectivity index (χ1) is 11.2. The van der Waals surface area contributed by atoms with E-state index < -0.39 is 29.9 Å². The summed E-state index contributed by atoms with van der Waals surface area (Å²) < 4.78 is 9.88. The molecular formula is C15H19ClN2O7. The number of ether oxygens (including phenoxy) is 2. The van der Waals surface area contributed by atoms with Crippen molar-refractivity contribution in [2.75, 3.05) is 6.54 Å². The van der Waals surface area contributed by atoms with Crippen LogP contribution < -0.4 is 20.5 Å². The van der Waals surface area contributed by atoms with Crippen molar-refractivity contribution in [1.82, 2.24) is 5.32 Å². The number of benzene rings is 1. The molecule has 0 radical (unpaired) electrons. The summed E-state index contributed by atoms with van der Waals surface area (Å²) in [6, 6.07) is 3.03. The summed E-state index contributed by atoms with van der Waals surface area (Å²) in [5.41, 5.74) is 5.60. The molecule has 138 valence electrons. The largest absolute Gasteiger partial charge is 0.480 e. The number of nitrogens with one attached hydrogen (secondary N) is 1. The first-order valence-corrected chi connectivity index (χ1v) is 6.95. The number of nitrogens with two attached hydrogens (primary N) is 1. The third kappa shape index (κ3) is 7.64. The van der Waals surface area contributed by atoms with E-state index in [1.165, 1.54) is 32.0 Å². The average molecular weight is 375 g/mol. The van der Waals surface area contributed by atoms with Crippen LogP contribution in [0.15, 0.2) is 18.2 Å². The van der Waals surface area contributed by atoms with Crippen LogP contribution in [0.5, 0.6) is 11.5 Å². The summed E-state index contributed by atoms with van der Waals surface area (Å²) in [5.74, 6) is -3.08. The van der Waals surface area contributed by atoms with Gasteiger partial charge in [0.25, 0.3) is 0 Å². The zero-order valence-electron chi connectivity index (χ0n) is 13.6. The molecule has 0 heterocycles. The van der Waals surface area contributed by atoms with E-state index in [0.717, 1.165) is 0 Å². The first-order valence-electron chi connectivity index (χ1n) is 6.95. The van der Waals surface area contributed by atoms with E-state index in [9.17, 15) is 19.2 Å². The maximum Gasteiger partial charge on any atom is 0.326 e. The van der Waals surface area contributed by atoms with Crippen molar-refractivity contribution in [2.24, 2.45) is 5.73 Å².